The number of hydrogen-bond donors (Lipinski definition) is 0. The van der Waals surface area contributed by atoms with Gasteiger partial charge in [0, 0.05) is 49.7 Å². The van der Waals surface area contributed by atoms with Crippen molar-refractivity contribution in [1.82, 2.24) is 14.8 Å². The molecule has 2 heterocycles. The van der Waals surface area contributed by atoms with E-state index in [0.29, 0.717) is 42.9 Å². The second kappa shape index (κ2) is 6.92. The molecule has 0 N–H and O–H groups in total. The Hall–Kier alpha value is -3.20. The number of carbonyl (C=O) groups excluding carboxylic acids is 2. The molecule has 2 aromatic rings. The largest absolute Gasteiger partial charge is 0.335 e. The van der Waals surface area contributed by atoms with E-state index in [1.807, 2.05) is 6.07 Å². The lowest BCUT2D eigenvalue weighted by molar-refractivity contribution is 0.0535. The summed E-state index contributed by atoms with van der Waals surface area (Å²) in [5, 5.41) is 8.93. The van der Waals surface area contributed by atoms with Crippen molar-refractivity contribution in [2.24, 2.45) is 0 Å². The Balaban J connectivity index is 1.63. The summed E-state index contributed by atoms with van der Waals surface area (Å²) in [6, 6.07) is 12.1. The number of hydrogen-bond acceptors (Lipinski definition) is 4. The average Bonchev–Trinajstić information content (AvgIpc) is 2.67. The van der Waals surface area contributed by atoms with Crippen LogP contribution in [0.1, 0.15) is 26.3 Å². The van der Waals surface area contributed by atoms with E-state index in [9.17, 15) is 9.59 Å². The molecule has 120 valence electrons. The fourth-order valence-electron chi connectivity index (χ4n) is 2.69. The molecular weight excluding hydrogens is 304 g/mol. The Morgan fingerprint density at radius 2 is 1.50 bits per heavy atom. The summed E-state index contributed by atoms with van der Waals surface area (Å²) in [7, 11) is 0. The van der Waals surface area contributed by atoms with Crippen LogP contribution in [0.2, 0.25) is 0 Å². The first kappa shape index (κ1) is 15.7. The molecule has 1 aromatic carbocycles. The minimum absolute atomic E-state index is 0.0454. The zero-order valence-corrected chi connectivity index (χ0v) is 13.1. The van der Waals surface area contributed by atoms with Crippen molar-refractivity contribution in [3.05, 3.63) is 65.5 Å². The number of piperazine rings is 1. The van der Waals surface area contributed by atoms with Crippen molar-refractivity contribution in [2.45, 2.75) is 0 Å². The number of nitrogens with zero attached hydrogens (tertiary/aromatic N) is 4. The fourth-order valence-corrected chi connectivity index (χ4v) is 2.69. The first-order valence-corrected chi connectivity index (χ1v) is 7.68. The summed E-state index contributed by atoms with van der Waals surface area (Å²) in [6.45, 7) is 1.94. The summed E-state index contributed by atoms with van der Waals surface area (Å²) in [4.78, 5) is 32.3. The van der Waals surface area contributed by atoms with Crippen LogP contribution in [-0.4, -0.2) is 52.8 Å². The Bertz CT molecular complexity index is 790. The summed E-state index contributed by atoms with van der Waals surface area (Å²) >= 11 is 0. The van der Waals surface area contributed by atoms with Gasteiger partial charge in [-0.1, -0.05) is 6.07 Å². The van der Waals surface area contributed by atoms with E-state index in [4.69, 9.17) is 5.26 Å². The van der Waals surface area contributed by atoms with Gasteiger partial charge in [0.1, 0.15) is 0 Å². The van der Waals surface area contributed by atoms with Gasteiger partial charge in [-0.25, -0.2) is 0 Å². The van der Waals surface area contributed by atoms with Crippen molar-refractivity contribution in [2.75, 3.05) is 26.2 Å². The third-order valence-electron chi connectivity index (χ3n) is 4.02. The van der Waals surface area contributed by atoms with Gasteiger partial charge >= 0.3 is 0 Å². The van der Waals surface area contributed by atoms with Crippen molar-refractivity contribution in [1.29, 1.82) is 5.26 Å². The topological polar surface area (TPSA) is 77.3 Å². The molecule has 1 aliphatic heterocycles. The van der Waals surface area contributed by atoms with Gasteiger partial charge in [0.2, 0.25) is 0 Å². The molecule has 0 unspecified atom stereocenters. The first-order valence-electron chi connectivity index (χ1n) is 7.68. The standard InChI is InChI=1S/C18H16N4O2/c19-13-14-2-1-3-16(12-14)18(24)22-10-8-21(9-11-22)17(23)15-4-6-20-7-5-15/h1-7,12H,8-11H2. The molecule has 1 aliphatic rings. The van der Waals surface area contributed by atoms with E-state index >= 15 is 0 Å². The van der Waals surface area contributed by atoms with Gasteiger partial charge < -0.3 is 9.80 Å². The maximum absolute atomic E-state index is 12.5. The quantitative estimate of drug-likeness (QED) is 0.841. The Labute approximate surface area is 139 Å². The lowest BCUT2D eigenvalue weighted by Crippen LogP contribution is -2.50. The number of amides is 2. The fraction of sp³-hybridized carbons (Fsp3) is 0.222. The van der Waals surface area contributed by atoms with Crippen LogP contribution in [0.15, 0.2) is 48.8 Å². The molecule has 0 bridgehead atoms. The van der Waals surface area contributed by atoms with Crippen molar-refractivity contribution >= 4 is 11.8 Å². The number of benzene rings is 1. The number of aromatic nitrogens is 1. The number of pyridine rings is 1. The maximum Gasteiger partial charge on any atom is 0.254 e. The third-order valence-corrected chi connectivity index (χ3v) is 4.02. The van der Waals surface area contributed by atoms with Gasteiger partial charge in [0.05, 0.1) is 11.6 Å². The van der Waals surface area contributed by atoms with Crippen LogP contribution in [0.25, 0.3) is 0 Å². The molecule has 0 aliphatic carbocycles. The lowest BCUT2D eigenvalue weighted by atomic mass is 10.1. The Kier molecular flexibility index (Phi) is 4.52. The van der Waals surface area contributed by atoms with Crippen LogP contribution in [0.5, 0.6) is 0 Å². The van der Waals surface area contributed by atoms with E-state index in [1.165, 1.54) is 0 Å². The van der Waals surface area contributed by atoms with Crippen LogP contribution < -0.4 is 0 Å². The average molecular weight is 320 g/mol. The minimum Gasteiger partial charge on any atom is -0.335 e. The molecule has 3 rings (SSSR count). The summed E-state index contributed by atoms with van der Waals surface area (Å²) in [6.07, 6.45) is 3.18. The zero-order chi connectivity index (χ0) is 16.9. The van der Waals surface area contributed by atoms with Gasteiger partial charge in [0.25, 0.3) is 11.8 Å². The highest BCUT2D eigenvalue weighted by Crippen LogP contribution is 2.12. The van der Waals surface area contributed by atoms with E-state index in [-0.39, 0.29) is 11.8 Å². The first-order chi connectivity index (χ1) is 11.7. The summed E-state index contributed by atoms with van der Waals surface area (Å²) < 4.78 is 0. The maximum atomic E-state index is 12.5. The monoisotopic (exact) mass is 320 g/mol. The Morgan fingerprint density at radius 3 is 2.08 bits per heavy atom. The van der Waals surface area contributed by atoms with Gasteiger partial charge in [-0.3, -0.25) is 14.6 Å². The molecule has 6 heteroatoms. The van der Waals surface area contributed by atoms with Gasteiger partial charge in [-0.15, -0.1) is 0 Å². The van der Waals surface area contributed by atoms with E-state index in [0.717, 1.165) is 0 Å². The molecule has 2 amide bonds. The van der Waals surface area contributed by atoms with Crippen molar-refractivity contribution < 1.29 is 9.59 Å². The highest BCUT2D eigenvalue weighted by atomic mass is 16.2. The van der Waals surface area contributed by atoms with Crippen LogP contribution in [0, 0.1) is 11.3 Å². The summed E-state index contributed by atoms with van der Waals surface area (Å²) in [5.41, 5.74) is 1.57. The van der Waals surface area contributed by atoms with Gasteiger partial charge in [0.15, 0.2) is 0 Å². The second-order valence-corrected chi connectivity index (χ2v) is 5.51. The highest BCUT2D eigenvalue weighted by molar-refractivity contribution is 5.96. The molecule has 24 heavy (non-hydrogen) atoms. The van der Waals surface area contributed by atoms with Crippen LogP contribution >= 0.6 is 0 Å². The van der Waals surface area contributed by atoms with E-state index in [2.05, 4.69) is 4.98 Å². The van der Waals surface area contributed by atoms with Crippen LogP contribution in [0.4, 0.5) is 0 Å². The molecule has 1 aromatic heterocycles. The van der Waals surface area contributed by atoms with Gasteiger partial charge in [-0.2, -0.15) is 5.26 Å². The smallest absolute Gasteiger partial charge is 0.254 e. The SMILES string of the molecule is N#Cc1cccc(C(=O)N2CCN(C(=O)c3ccncc3)CC2)c1. The molecule has 6 nitrogen and oxygen atoms in total. The predicted molar refractivity (Wildman–Crippen MR) is 87.2 cm³/mol. The molecule has 0 radical (unpaired) electrons. The molecule has 0 spiro atoms. The van der Waals surface area contributed by atoms with Crippen molar-refractivity contribution in [3.63, 3.8) is 0 Å². The molecule has 0 saturated carbocycles. The van der Waals surface area contributed by atoms with Crippen LogP contribution in [-0.2, 0) is 0 Å². The number of rotatable bonds is 2. The Morgan fingerprint density at radius 1 is 0.917 bits per heavy atom. The minimum atomic E-state index is -0.108. The molecular formula is C18H16N4O2. The van der Waals surface area contributed by atoms with E-state index < -0.39 is 0 Å². The van der Waals surface area contributed by atoms with E-state index in [1.54, 1.807) is 58.6 Å². The number of carbonyl (C=O) groups is 2. The molecule has 1 saturated heterocycles. The van der Waals surface area contributed by atoms with Gasteiger partial charge in [-0.05, 0) is 30.3 Å². The zero-order valence-electron chi connectivity index (χ0n) is 13.1. The molecule has 1 fully saturated rings. The summed E-state index contributed by atoms with van der Waals surface area (Å²) in [5.74, 6) is -0.154. The van der Waals surface area contributed by atoms with Crippen molar-refractivity contribution in [3.8, 4) is 6.07 Å². The highest BCUT2D eigenvalue weighted by Gasteiger charge is 2.25. The predicted octanol–water partition coefficient (Wildman–Crippen LogP) is 1.55. The lowest BCUT2D eigenvalue weighted by Gasteiger charge is -2.34. The normalized spacial score (nSPS) is 14.1. The third kappa shape index (κ3) is 3.25. The number of nitriles is 1. The van der Waals surface area contributed by atoms with Crippen LogP contribution in [0.3, 0.4) is 0 Å². The second-order valence-electron chi connectivity index (χ2n) is 5.51. The molecule has 0 atom stereocenters.